The van der Waals surface area contributed by atoms with Crippen LogP contribution in [0.5, 0.6) is 0 Å². The van der Waals surface area contributed by atoms with Crippen molar-refractivity contribution in [2.45, 2.75) is 0 Å². The molecule has 0 aromatic carbocycles. The Labute approximate surface area is 58.6 Å². The molecule has 0 atom stereocenters. The Morgan fingerprint density at radius 3 is 2.33 bits per heavy atom. The highest BCUT2D eigenvalue weighted by Gasteiger charge is 1.57. The first-order chi connectivity index (χ1) is 3.91. The molecule has 0 unspecified atom stereocenters. The van der Waals surface area contributed by atoms with E-state index in [0.717, 1.165) is 6.34 Å². The van der Waals surface area contributed by atoms with Crippen LogP contribution in [0, 0.1) is 5.41 Å². The Morgan fingerprint density at radius 1 is 1.67 bits per heavy atom. The standard InChI is InChI=1S/C2H3N3.CH4N2.ClH/c1-3-2-5-4-1;2-1-3;/h1-2H,(H,3,4,5);1H,(H3,2,3);1H. The summed E-state index contributed by atoms with van der Waals surface area (Å²) in [6, 6.07) is 0. The number of nitrogens with zero attached hydrogens (tertiary/aromatic N) is 2. The number of aromatic nitrogens is 3. The summed E-state index contributed by atoms with van der Waals surface area (Å²) in [7, 11) is 0. The van der Waals surface area contributed by atoms with Gasteiger partial charge in [0, 0.05) is 0 Å². The average Bonchev–Trinajstić information content (AvgIpc) is 2.17. The van der Waals surface area contributed by atoms with Gasteiger partial charge in [-0.2, -0.15) is 5.10 Å². The third-order valence-electron chi connectivity index (χ3n) is 0.331. The van der Waals surface area contributed by atoms with Crippen molar-refractivity contribution in [3.8, 4) is 0 Å². The summed E-state index contributed by atoms with van der Waals surface area (Å²) in [6.07, 6.45) is 3.71. The van der Waals surface area contributed by atoms with Gasteiger partial charge in [0.15, 0.2) is 0 Å². The predicted molar refractivity (Wildman–Crippen MR) is 36.6 cm³/mol. The molecule has 4 N–H and O–H groups in total. The molecule has 1 rings (SSSR count). The van der Waals surface area contributed by atoms with E-state index < -0.39 is 0 Å². The van der Waals surface area contributed by atoms with E-state index in [4.69, 9.17) is 5.41 Å². The monoisotopic (exact) mass is 149 g/mol. The molecule has 0 saturated heterocycles. The summed E-state index contributed by atoms with van der Waals surface area (Å²) < 4.78 is 0. The lowest BCUT2D eigenvalue weighted by atomic mass is 11.3. The van der Waals surface area contributed by atoms with Crippen molar-refractivity contribution in [3.63, 3.8) is 0 Å². The zero-order chi connectivity index (χ0) is 6.24. The molecule has 0 radical (unpaired) electrons. The predicted octanol–water partition coefficient (Wildman–Crippen LogP) is -0.221. The first-order valence-corrected chi connectivity index (χ1v) is 1.91. The maximum absolute atomic E-state index is 5.86. The lowest BCUT2D eigenvalue weighted by molar-refractivity contribution is 1.09. The summed E-state index contributed by atoms with van der Waals surface area (Å²) in [6.45, 7) is 0. The van der Waals surface area contributed by atoms with E-state index in [1.54, 1.807) is 0 Å². The summed E-state index contributed by atoms with van der Waals surface area (Å²) in [5.74, 6) is 0. The van der Waals surface area contributed by atoms with Gasteiger partial charge in [-0.05, 0) is 0 Å². The summed E-state index contributed by atoms with van der Waals surface area (Å²) in [5, 5.41) is 11.8. The van der Waals surface area contributed by atoms with Crippen LogP contribution in [-0.4, -0.2) is 21.5 Å². The topological polar surface area (TPSA) is 91.4 Å². The molecular formula is C3H8ClN5. The molecule has 0 aliphatic heterocycles. The fourth-order valence-electron chi connectivity index (χ4n) is 0.167. The largest absolute Gasteiger partial charge is 0.390 e. The molecule has 1 aromatic rings. The lowest BCUT2D eigenvalue weighted by Crippen LogP contribution is -1.81. The molecule has 0 saturated carbocycles. The Balaban J connectivity index is 0. The second-order valence-electron chi connectivity index (χ2n) is 0.819. The molecule has 0 aliphatic rings. The maximum atomic E-state index is 5.86. The van der Waals surface area contributed by atoms with Crippen molar-refractivity contribution in [2.75, 3.05) is 0 Å². The van der Waals surface area contributed by atoms with E-state index in [0.29, 0.717) is 0 Å². The van der Waals surface area contributed by atoms with E-state index in [2.05, 4.69) is 20.9 Å². The number of halogens is 1. The van der Waals surface area contributed by atoms with Crippen LogP contribution in [0.15, 0.2) is 12.7 Å². The second kappa shape index (κ2) is 10.0. The van der Waals surface area contributed by atoms with Crippen LogP contribution in [-0.2, 0) is 0 Å². The zero-order valence-corrected chi connectivity index (χ0v) is 5.43. The molecular weight excluding hydrogens is 142 g/mol. The van der Waals surface area contributed by atoms with Crippen LogP contribution in [0.25, 0.3) is 0 Å². The molecule has 1 aromatic heterocycles. The summed E-state index contributed by atoms with van der Waals surface area (Å²) in [5.41, 5.74) is 4.39. The average molecular weight is 150 g/mol. The number of nitrogens with one attached hydrogen (secondary N) is 2. The fraction of sp³-hybridized carbons (Fsp3) is 0. The first-order valence-electron chi connectivity index (χ1n) is 1.91. The van der Waals surface area contributed by atoms with Crippen molar-refractivity contribution < 1.29 is 0 Å². The van der Waals surface area contributed by atoms with E-state index in [1.165, 1.54) is 12.7 Å². The molecule has 0 amide bonds. The zero-order valence-electron chi connectivity index (χ0n) is 4.61. The van der Waals surface area contributed by atoms with Crippen LogP contribution in [0.2, 0.25) is 0 Å². The second-order valence-corrected chi connectivity index (χ2v) is 0.819. The Morgan fingerprint density at radius 2 is 2.22 bits per heavy atom. The number of rotatable bonds is 0. The van der Waals surface area contributed by atoms with Gasteiger partial charge in [0.25, 0.3) is 0 Å². The van der Waals surface area contributed by atoms with E-state index >= 15 is 0 Å². The number of aromatic amines is 1. The molecule has 1 heterocycles. The van der Waals surface area contributed by atoms with E-state index in [9.17, 15) is 0 Å². The summed E-state index contributed by atoms with van der Waals surface area (Å²) in [4.78, 5) is 3.56. The Hall–Kier alpha value is -1.10. The fourth-order valence-corrected chi connectivity index (χ4v) is 0.167. The molecule has 0 aliphatic carbocycles. The van der Waals surface area contributed by atoms with Crippen molar-refractivity contribution in [1.29, 1.82) is 5.41 Å². The Kier molecular flexibility index (Phi) is 12.0. The van der Waals surface area contributed by atoms with Crippen LogP contribution >= 0.6 is 12.4 Å². The van der Waals surface area contributed by atoms with Gasteiger partial charge in [-0.1, -0.05) is 0 Å². The van der Waals surface area contributed by atoms with E-state index in [1.807, 2.05) is 0 Å². The van der Waals surface area contributed by atoms with Crippen molar-refractivity contribution >= 4 is 18.7 Å². The minimum Gasteiger partial charge on any atom is -0.390 e. The van der Waals surface area contributed by atoms with Crippen LogP contribution < -0.4 is 5.73 Å². The van der Waals surface area contributed by atoms with Crippen molar-refractivity contribution in [2.24, 2.45) is 5.73 Å². The molecule has 0 bridgehead atoms. The van der Waals surface area contributed by atoms with Gasteiger partial charge in [0.2, 0.25) is 0 Å². The van der Waals surface area contributed by atoms with Gasteiger partial charge >= 0.3 is 0 Å². The van der Waals surface area contributed by atoms with Gasteiger partial charge in [0.1, 0.15) is 12.7 Å². The van der Waals surface area contributed by atoms with Gasteiger partial charge in [-0.25, -0.2) is 4.98 Å². The highest BCUT2D eigenvalue weighted by Crippen LogP contribution is 1.53. The molecule has 5 nitrogen and oxygen atoms in total. The highest BCUT2D eigenvalue weighted by molar-refractivity contribution is 5.85. The lowest BCUT2D eigenvalue weighted by Gasteiger charge is -1.46. The van der Waals surface area contributed by atoms with E-state index in [-0.39, 0.29) is 12.4 Å². The SMILES string of the molecule is Cl.N=CN.c1nc[nH]n1. The number of hydrogen-bond donors (Lipinski definition) is 3. The smallest absolute Gasteiger partial charge is 0.137 e. The van der Waals surface area contributed by atoms with Gasteiger partial charge in [-0.3, -0.25) is 10.5 Å². The van der Waals surface area contributed by atoms with Crippen LogP contribution in [0.3, 0.4) is 0 Å². The molecule has 52 valence electrons. The van der Waals surface area contributed by atoms with Gasteiger partial charge in [-0.15, -0.1) is 12.4 Å². The number of hydrogen-bond acceptors (Lipinski definition) is 3. The quantitative estimate of drug-likeness (QED) is 0.352. The van der Waals surface area contributed by atoms with Gasteiger partial charge in [0.05, 0.1) is 6.34 Å². The molecule has 9 heavy (non-hydrogen) atoms. The molecule has 6 heteroatoms. The maximum Gasteiger partial charge on any atom is 0.137 e. The molecule has 0 spiro atoms. The third-order valence-corrected chi connectivity index (χ3v) is 0.331. The Bertz CT molecular complexity index is 98.5. The minimum atomic E-state index is 0. The summed E-state index contributed by atoms with van der Waals surface area (Å²) >= 11 is 0. The highest BCUT2D eigenvalue weighted by atomic mass is 35.5. The van der Waals surface area contributed by atoms with Gasteiger partial charge < -0.3 is 5.73 Å². The minimum absolute atomic E-state index is 0. The third kappa shape index (κ3) is 10.9. The van der Waals surface area contributed by atoms with Crippen LogP contribution in [0.4, 0.5) is 0 Å². The van der Waals surface area contributed by atoms with Crippen molar-refractivity contribution in [3.05, 3.63) is 12.7 Å². The van der Waals surface area contributed by atoms with Crippen molar-refractivity contribution in [1.82, 2.24) is 15.2 Å². The molecule has 0 fully saturated rings. The van der Waals surface area contributed by atoms with Crippen LogP contribution in [0.1, 0.15) is 0 Å². The normalized spacial score (nSPS) is 5.78. The first kappa shape index (κ1) is 10.8. The number of H-pyrrole nitrogens is 1. The number of nitrogens with two attached hydrogens (primary N) is 1.